The molecule has 1 heterocycles. The van der Waals surface area contributed by atoms with Gasteiger partial charge in [-0.1, -0.05) is 70.4 Å². The Morgan fingerprint density at radius 3 is 2.14 bits per heavy atom. The van der Waals surface area contributed by atoms with Gasteiger partial charge in [0.2, 0.25) is 0 Å². The Hall–Kier alpha value is -1.36. The molecule has 1 saturated heterocycles. The van der Waals surface area contributed by atoms with Crippen molar-refractivity contribution in [3.8, 4) is 0 Å². The van der Waals surface area contributed by atoms with Crippen LogP contribution < -0.4 is 0 Å². The summed E-state index contributed by atoms with van der Waals surface area (Å²) in [5, 5.41) is 9.39. The van der Waals surface area contributed by atoms with E-state index in [1.165, 1.54) is 57.8 Å². The SMILES string of the molecule is CCCCCCCC/C=C\CCCCCCCC(=O)OC[C@]1(CO)CCC(=O)O1. The number of carbonyl (C=O) groups is 2. The van der Waals surface area contributed by atoms with Gasteiger partial charge in [-0.25, -0.2) is 0 Å². The molecular weight excluding hydrogens is 368 g/mol. The molecule has 168 valence electrons. The zero-order valence-electron chi connectivity index (χ0n) is 18.5. The lowest BCUT2D eigenvalue weighted by Gasteiger charge is -2.24. The quantitative estimate of drug-likeness (QED) is 0.180. The normalized spacial score (nSPS) is 19.0. The van der Waals surface area contributed by atoms with Crippen LogP contribution in [0.5, 0.6) is 0 Å². The van der Waals surface area contributed by atoms with Crippen molar-refractivity contribution in [2.24, 2.45) is 0 Å². The molecule has 0 saturated carbocycles. The molecule has 1 fully saturated rings. The molecule has 1 aliphatic rings. The van der Waals surface area contributed by atoms with Crippen molar-refractivity contribution < 1.29 is 24.2 Å². The Morgan fingerprint density at radius 2 is 1.59 bits per heavy atom. The van der Waals surface area contributed by atoms with E-state index in [2.05, 4.69) is 19.1 Å². The predicted molar refractivity (Wildman–Crippen MR) is 116 cm³/mol. The fraction of sp³-hybridized carbons (Fsp3) is 0.833. The van der Waals surface area contributed by atoms with Crippen LogP contribution in [0.3, 0.4) is 0 Å². The standard InChI is InChI=1S/C24H42O5/c1-2-3-4-5-6-7-8-9-10-11-12-13-14-15-16-17-22(26)28-21-24(20-25)19-18-23(27)29-24/h9-10,25H,2-8,11-21H2,1H3/b10-9-/t24-/m1/s1. The van der Waals surface area contributed by atoms with Crippen molar-refractivity contribution in [1.29, 1.82) is 0 Å². The Labute approximate surface area is 177 Å². The van der Waals surface area contributed by atoms with Gasteiger partial charge in [-0.15, -0.1) is 0 Å². The van der Waals surface area contributed by atoms with Gasteiger partial charge in [0.05, 0.1) is 6.61 Å². The highest BCUT2D eigenvalue weighted by Gasteiger charge is 2.41. The summed E-state index contributed by atoms with van der Waals surface area (Å²) in [5.74, 6) is -0.620. The number of unbranched alkanes of at least 4 members (excludes halogenated alkanes) is 11. The molecule has 1 N–H and O–H groups in total. The first kappa shape index (κ1) is 25.7. The Balaban J connectivity index is 1.88. The summed E-state index contributed by atoms with van der Waals surface area (Å²) in [4.78, 5) is 23.0. The lowest BCUT2D eigenvalue weighted by molar-refractivity contribution is -0.166. The van der Waals surface area contributed by atoms with Crippen LogP contribution in [0.25, 0.3) is 0 Å². The number of rotatable bonds is 18. The zero-order chi connectivity index (χ0) is 21.2. The maximum absolute atomic E-state index is 11.8. The second-order valence-electron chi connectivity index (χ2n) is 8.31. The third-order valence-electron chi connectivity index (χ3n) is 5.54. The van der Waals surface area contributed by atoms with Crippen molar-refractivity contribution in [1.82, 2.24) is 0 Å². The molecule has 0 unspecified atom stereocenters. The largest absolute Gasteiger partial charge is 0.461 e. The minimum atomic E-state index is -1.02. The van der Waals surface area contributed by atoms with Crippen molar-refractivity contribution >= 4 is 11.9 Å². The molecule has 0 amide bonds. The van der Waals surface area contributed by atoms with E-state index < -0.39 is 5.60 Å². The number of carbonyl (C=O) groups excluding carboxylic acids is 2. The molecule has 1 atom stereocenters. The topological polar surface area (TPSA) is 72.8 Å². The molecular formula is C24H42O5. The third kappa shape index (κ3) is 12.7. The van der Waals surface area contributed by atoms with Crippen LogP contribution in [0, 0.1) is 0 Å². The summed E-state index contributed by atoms with van der Waals surface area (Å²) in [7, 11) is 0. The zero-order valence-corrected chi connectivity index (χ0v) is 18.5. The monoisotopic (exact) mass is 410 g/mol. The van der Waals surface area contributed by atoms with E-state index in [4.69, 9.17) is 9.47 Å². The smallest absolute Gasteiger partial charge is 0.306 e. The number of esters is 2. The second-order valence-corrected chi connectivity index (χ2v) is 8.31. The number of aliphatic hydroxyl groups excluding tert-OH is 1. The summed E-state index contributed by atoms with van der Waals surface area (Å²) < 4.78 is 10.3. The van der Waals surface area contributed by atoms with Gasteiger partial charge < -0.3 is 14.6 Å². The van der Waals surface area contributed by atoms with Crippen LogP contribution in [0.2, 0.25) is 0 Å². The molecule has 29 heavy (non-hydrogen) atoms. The van der Waals surface area contributed by atoms with Crippen LogP contribution in [-0.4, -0.2) is 35.9 Å². The van der Waals surface area contributed by atoms with Crippen LogP contribution in [0.4, 0.5) is 0 Å². The molecule has 0 aromatic rings. The molecule has 0 spiro atoms. The second kappa shape index (κ2) is 16.4. The van der Waals surface area contributed by atoms with Gasteiger partial charge in [-0.2, -0.15) is 0 Å². The molecule has 0 radical (unpaired) electrons. The molecule has 0 aliphatic carbocycles. The first-order chi connectivity index (χ1) is 14.1. The highest BCUT2D eigenvalue weighted by atomic mass is 16.6. The maximum atomic E-state index is 11.8. The van der Waals surface area contributed by atoms with Gasteiger partial charge in [0.1, 0.15) is 6.61 Å². The summed E-state index contributed by atoms with van der Waals surface area (Å²) in [6.07, 6.45) is 21.6. The van der Waals surface area contributed by atoms with Crippen molar-refractivity contribution in [2.45, 2.75) is 115 Å². The van der Waals surface area contributed by atoms with E-state index in [0.29, 0.717) is 12.8 Å². The summed E-state index contributed by atoms with van der Waals surface area (Å²) in [6, 6.07) is 0. The lowest BCUT2D eigenvalue weighted by atomic mass is 10.0. The van der Waals surface area contributed by atoms with Gasteiger partial charge in [0.15, 0.2) is 5.60 Å². The Morgan fingerprint density at radius 1 is 1.00 bits per heavy atom. The van der Waals surface area contributed by atoms with Gasteiger partial charge in [0.25, 0.3) is 0 Å². The molecule has 1 rings (SSSR count). The number of allylic oxidation sites excluding steroid dienone is 2. The van der Waals surface area contributed by atoms with E-state index in [0.717, 1.165) is 25.7 Å². The Kier molecular flexibility index (Phi) is 14.6. The molecule has 1 aliphatic heterocycles. The van der Waals surface area contributed by atoms with E-state index >= 15 is 0 Å². The van der Waals surface area contributed by atoms with Gasteiger partial charge in [0, 0.05) is 19.3 Å². The van der Waals surface area contributed by atoms with Crippen molar-refractivity contribution in [3.63, 3.8) is 0 Å². The minimum Gasteiger partial charge on any atom is -0.461 e. The minimum absolute atomic E-state index is 0.0425. The summed E-state index contributed by atoms with van der Waals surface area (Å²) in [6.45, 7) is 1.90. The summed E-state index contributed by atoms with van der Waals surface area (Å²) >= 11 is 0. The molecule has 0 aromatic heterocycles. The van der Waals surface area contributed by atoms with E-state index in [1.807, 2.05) is 0 Å². The van der Waals surface area contributed by atoms with Gasteiger partial charge >= 0.3 is 11.9 Å². The average molecular weight is 411 g/mol. The fourth-order valence-corrected chi connectivity index (χ4v) is 3.56. The van der Waals surface area contributed by atoms with E-state index in [1.54, 1.807) is 0 Å². The maximum Gasteiger partial charge on any atom is 0.306 e. The highest BCUT2D eigenvalue weighted by molar-refractivity contribution is 5.72. The van der Waals surface area contributed by atoms with Crippen molar-refractivity contribution in [3.05, 3.63) is 12.2 Å². The number of hydrogen-bond acceptors (Lipinski definition) is 5. The number of cyclic esters (lactones) is 1. The first-order valence-corrected chi connectivity index (χ1v) is 11.8. The number of ether oxygens (including phenoxy) is 2. The van der Waals surface area contributed by atoms with Crippen molar-refractivity contribution in [2.75, 3.05) is 13.2 Å². The third-order valence-corrected chi connectivity index (χ3v) is 5.54. The van der Waals surface area contributed by atoms with Crippen LogP contribution >= 0.6 is 0 Å². The number of aliphatic hydroxyl groups is 1. The lowest BCUT2D eigenvalue weighted by Crippen LogP contribution is -2.39. The average Bonchev–Trinajstić information content (AvgIpc) is 3.11. The predicted octanol–water partition coefficient (Wildman–Crippen LogP) is 5.64. The Bertz CT molecular complexity index is 474. The molecule has 0 bridgehead atoms. The number of hydrogen-bond donors (Lipinski definition) is 1. The molecule has 5 heteroatoms. The van der Waals surface area contributed by atoms with Gasteiger partial charge in [-0.3, -0.25) is 9.59 Å². The van der Waals surface area contributed by atoms with Gasteiger partial charge in [-0.05, 0) is 32.1 Å². The van der Waals surface area contributed by atoms with Crippen LogP contribution in [-0.2, 0) is 19.1 Å². The molecule has 0 aromatic carbocycles. The van der Waals surface area contributed by atoms with E-state index in [9.17, 15) is 14.7 Å². The molecule has 5 nitrogen and oxygen atoms in total. The van der Waals surface area contributed by atoms with Crippen LogP contribution in [0.15, 0.2) is 12.2 Å². The fourth-order valence-electron chi connectivity index (χ4n) is 3.56. The van der Waals surface area contributed by atoms with E-state index in [-0.39, 0.29) is 31.6 Å². The summed E-state index contributed by atoms with van der Waals surface area (Å²) in [5.41, 5.74) is -1.02. The highest BCUT2D eigenvalue weighted by Crippen LogP contribution is 2.26. The van der Waals surface area contributed by atoms with Crippen LogP contribution in [0.1, 0.15) is 110 Å². The first-order valence-electron chi connectivity index (χ1n) is 11.8.